The highest BCUT2D eigenvalue weighted by Crippen LogP contribution is 2.51. The van der Waals surface area contributed by atoms with Crippen molar-refractivity contribution in [2.45, 2.75) is 105 Å². The Bertz CT molecular complexity index is 2310. The molecule has 0 aliphatic heterocycles. The van der Waals surface area contributed by atoms with Gasteiger partial charge in [0.1, 0.15) is 23.8 Å². The molecule has 276 valence electrons. The van der Waals surface area contributed by atoms with E-state index in [0.29, 0.717) is 4.88 Å². The van der Waals surface area contributed by atoms with Gasteiger partial charge in [-0.3, -0.25) is 0 Å². The fraction of sp³-hybridized carbons (Fsp3) is 0.356. The molecular formula is C45H45N3S6. The molecule has 0 radical (unpaired) electrons. The molecule has 0 saturated carbocycles. The Morgan fingerprint density at radius 3 is 1.26 bits per heavy atom. The van der Waals surface area contributed by atoms with Crippen LogP contribution in [-0.2, 0) is 25.7 Å². The molecule has 0 atom stereocenters. The molecule has 6 aromatic rings. The highest BCUT2D eigenvalue weighted by atomic mass is 32.1. The van der Waals surface area contributed by atoms with E-state index in [1.54, 1.807) is 11.1 Å². The Hall–Kier alpha value is -3.59. The summed E-state index contributed by atoms with van der Waals surface area (Å²) in [4.78, 5) is 14.1. The zero-order valence-corrected chi connectivity index (χ0v) is 36.4. The van der Waals surface area contributed by atoms with E-state index in [0.717, 1.165) is 56.2 Å². The van der Waals surface area contributed by atoms with Crippen LogP contribution in [0.25, 0.3) is 54.3 Å². The molecule has 0 aromatic carbocycles. The van der Waals surface area contributed by atoms with Crippen LogP contribution in [-0.4, -0.2) is 0 Å². The fourth-order valence-corrected chi connectivity index (χ4v) is 14.0. The molecule has 0 aliphatic rings. The van der Waals surface area contributed by atoms with Crippen LogP contribution in [0.1, 0.15) is 106 Å². The molecule has 0 saturated heterocycles. The van der Waals surface area contributed by atoms with Crippen molar-refractivity contribution in [1.82, 2.24) is 0 Å². The van der Waals surface area contributed by atoms with Crippen molar-refractivity contribution in [3.05, 3.63) is 86.6 Å². The summed E-state index contributed by atoms with van der Waals surface area (Å²) in [6.07, 6.45) is 13.7. The normalized spacial score (nSPS) is 11.1. The Labute approximate surface area is 345 Å². The molecule has 6 rings (SSSR count). The molecule has 0 spiro atoms. The number of unbranched alkanes of at least 4 members (excludes halogenated alkanes) is 4. The summed E-state index contributed by atoms with van der Waals surface area (Å²) in [6.45, 7) is 9.10. The summed E-state index contributed by atoms with van der Waals surface area (Å²) in [5.74, 6) is 0. The first kappa shape index (κ1) is 40.1. The summed E-state index contributed by atoms with van der Waals surface area (Å²) in [5, 5.41) is 31.0. The molecule has 54 heavy (non-hydrogen) atoms. The van der Waals surface area contributed by atoms with E-state index in [1.807, 2.05) is 74.9 Å². The second kappa shape index (κ2) is 19.3. The van der Waals surface area contributed by atoms with Gasteiger partial charge in [-0.05, 0) is 121 Å². The monoisotopic (exact) mass is 819 g/mol. The van der Waals surface area contributed by atoms with Gasteiger partial charge in [-0.25, -0.2) is 0 Å². The smallest absolute Gasteiger partial charge is 0.148 e. The predicted molar refractivity (Wildman–Crippen MR) is 239 cm³/mol. The van der Waals surface area contributed by atoms with Crippen LogP contribution in [0, 0.1) is 34.0 Å². The summed E-state index contributed by atoms with van der Waals surface area (Å²) >= 11 is 11.1. The van der Waals surface area contributed by atoms with Gasteiger partial charge in [0.2, 0.25) is 0 Å². The summed E-state index contributed by atoms with van der Waals surface area (Å²) in [5.41, 5.74) is 6.08. The number of thiophene rings is 6. The van der Waals surface area contributed by atoms with Crippen LogP contribution >= 0.6 is 68.0 Å². The zero-order chi connectivity index (χ0) is 38.0. The minimum atomic E-state index is -0.133. The molecule has 0 bridgehead atoms. The van der Waals surface area contributed by atoms with Gasteiger partial charge in [0.05, 0.1) is 5.57 Å². The summed E-state index contributed by atoms with van der Waals surface area (Å²) < 4.78 is 0. The maximum atomic E-state index is 9.85. The average molecular weight is 820 g/mol. The van der Waals surface area contributed by atoms with Crippen molar-refractivity contribution < 1.29 is 0 Å². The Kier molecular flexibility index (Phi) is 14.3. The number of allylic oxidation sites excluding steroid dienone is 2. The van der Waals surface area contributed by atoms with Gasteiger partial charge in [-0.1, -0.05) is 59.4 Å². The van der Waals surface area contributed by atoms with E-state index in [1.165, 1.54) is 92.0 Å². The maximum Gasteiger partial charge on any atom is 0.148 e. The van der Waals surface area contributed by atoms with Gasteiger partial charge in [0.25, 0.3) is 0 Å². The van der Waals surface area contributed by atoms with Crippen LogP contribution in [0.5, 0.6) is 0 Å². The Morgan fingerprint density at radius 2 is 0.870 bits per heavy atom. The summed E-state index contributed by atoms with van der Waals surface area (Å²) in [6, 6.07) is 23.7. The standard InChI is InChI=1S/C45H45N3S6/c1-5-9-14-30-31(15-10-6-2)44(53-42(30)38-18-13-25-49-38)40-23-20-36(51-40)37-21-24-41(52-37)45-33(17-12-8-4)32(16-11-7-3)43(54-45)39-22-19-35(50-39)34(28-48)29(26-46)27-47/h13,18-25H,5-12,14-17H2,1-4H3. The third-order valence-corrected chi connectivity index (χ3v) is 17.3. The molecule has 9 heteroatoms. The third kappa shape index (κ3) is 8.61. The van der Waals surface area contributed by atoms with Crippen molar-refractivity contribution in [2.24, 2.45) is 0 Å². The van der Waals surface area contributed by atoms with Crippen LogP contribution < -0.4 is 0 Å². The van der Waals surface area contributed by atoms with Crippen LogP contribution in [0.4, 0.5) is 0 Å². The predicted octanol–water partition coefficient (Wildman–Crippen LogP) is 16.1. The van der Waals surface area contributed by atoms with Gasteiger partial charge in [-0.2, -0.15) is 15.8 Å². The van der Waals surface area contributed by atoms with E-state index in [-0.39, 0.29) is 11.1 Å². The molecule has 0 N–H and O–H groups in total. The first-order chi connectivity index (χ1) is 26.5. The van der Waals surface area contributed by atoms with E-state index in [2.05, 4.69) is 81.6 Å². The highest BCUT2D eigenvalue weighted by Gasteiger charge is 2.25. The lowest BCUT2D eigenvalue weighted by molar-refractivity contribution is 0.764. The minimum absolute atomic E-state index is 0.133. The maximum absolute atomic E-state index is 9.85. The van der Waals surface area contributed by atoms with Crippen LogP contribution in [0.15, 0.2) is 59.5 Å². The van der Waals surface area contributed by atoms with Crippen molar-refractivity contribution >= 4 is 73.6 Å². The second-order valence-electron chi connectivity index (χ2n) is 13.4. The lowest BCUT2D eigenvalue weighted by Crippen LogP contribution is -1.94. The van der Waals surface area contributed by atoms with Crippen molar-refractivity contribution in [1.29, 1.82) is 15.8 Å². The molecule has 3 nitrogen and oxygen atoms in total. The van der Waals surface area contributed by atoms with E-state index in [4.69, 9.17) is 0 Å². The van der Waals surface area contributed by atoms with Gasteiger partial charge >= 0.3 is 0 Å². The van der Waals surface area contributed by atoms with Crippen molar-refractivity contribution in [2.75, 3.05) is 0 Å². The van der Waals surface area contributed by atoms with Crippen LogP contribution in [0.3, 0.4) is 0 Å². The Morgan fingerprint density at radius 1 is 0.463 bits per heavy atom. The van der Waals surface area contributed by atoms with Crippen molar-refractivity contribution in [3.63, 3.8) is 0 Å². The van der Waals surface area contributed by atoms with E-state index >= 15 is 0 Å². The van der Waals surface area contributed by atoms with Gasteiger partial charge in [0, 0.05) is 53.6 Å². The molecule has 0 unspecified atom stereocenters. The largest absolute Gasteiger partial charge is 0.192 e. The molecule has 0 aliphatic carbocycles. The lowest BCUT2D eigenvalue weighted by atomic mass is 9.97. The topological polar surface area (TPSA) is 71.4 Å². The quantitative estimate of drug-likeness (QED) is 0.0811. The van der Waals surface area contributed by atoms with Gasteiger partial charge in [0.15, 0.2) is 0 Å². The van der Waals surface area contributed by atoms with Crippen molar-refractivity contribution in [3.8, 4) is 67.0 Å². The first-order valence-electron chi connectivity index (χ1n) is 19.1. The van der Waals surface area contributed by atoms with Crippen LogP contribution in [0.2, 0.25) is 0 Å². The second-order valence-corrected chi connectivity index (χ2v) is 19.6. The molecule has 6 aromatic heterocycles. The number of nitriles is 3. The van der Waals surface area contributed by atoms with E-state index < -0.39 is 0 Å². The number of nitrogens with zero attached hydrogens (tertiary/aromatic N) is 3. The number of hydrogen-bond donors (Lipinski definition) is 0. The molecular weight excluding hydrogens is 775 g/mol. The third-order valence-electron chi connectivity index (χ3n) is 9.66. The fourth-order valence-electron chi connectivity index (χ4n) is 6.82. The first-order valence-corrected chi connectivity index (χ1v) is 24.0. The SMILES string of the molecule is CCCCc1c(-c2cccs2)sc(-c2ccc(-c3ccc(-c4sc(-c5ccc(C(C#N)=C(C#N)C#N)s5)c(CCCC)c4CCCC)s3)s2)c1CCCC. The summed E-state index contributed by atoms with van der Waals surface area (Å²) in [7, 11) is 0. The van der Waals surface area contributed by atoms with Gasteiger partial charge in [-0.15, -0.1) is 68.0 Å². The number of rotatable bonds is 18. The molecule has 0 fully saturated rings. The number of hydrogen-bond acceptors (Lipinski definition) is 9. The minimum Gasteiger partial charge on any atom is -0.192 e. The molecule has 0 amide bonds. The zero-order valence-electron chi connectivity index (χ0n) is 31.5. The highest BCUT2D eigenvalue weighted by molar-refractivity contribution is 7.30. The lowest BCUT2D eigenvalue weighted by Gasteiger charge is -2.08. The van der Waals surface area contributed by atoms with E-state index in [9.17, 15) is 15.8 Å². The Balaban J connectivity index is 1.40. The van der Waals surface area contributed by atoms with Gasteiger partial charge < -0.3 is 0 Å². The molecule has 6 heterocycles. The average Bonchev–Trinajstić information content (AvgIpc) is 4.05.